The fraction of sp³-hybridized carbons (Fsp3) is 0.286. The van der Waals surface area contributed by atoms with Crippen molar-refractivity contribution in [2.45, 2.75) is 0 Å². The van der Waals surface area contributed by atoms with E-state index in [9.17, 15) is 14.4 Å². The second-order valence-electron chi connectivity index (χ2n) is 5.32. The van der Waals surface area contributed by atoms with Gasteiger partial charge in [-0.2, -0.15) is 0 Å². The number of benzene rings is 1. The van der Waals surface area contributed by atoms with Crippen LogP contribution in [0.25, 0.3) is 0 Å². The Kier molecular flexibility index (Phi) is 11.6. The van der Waals surface area contributed by atoms with E-state index >= 15 is 0 Å². The highest BCUT2D eigenvalue weighted by Crippen LogP contribution is 2.15. The highest BCUT2D eigenvalue weighted by Gasteiger charge is 2.19. The summed E-state index contributed by atoms with van der Waals surface area (Å²) in [6.45, 7) is 10.3. The van der Waals surface area contributed by atoms with E-state index < -0.39 is 17.9 Å². The molecular weight excluding hydrogens is 396 g/mol. The molecule has 0 aliphatic heterocycles. The Morgan fingerprint density at radius 3 is 1.07 bits per heavy atom. The van der Waals surface area contributed by atoms with Crippen molar-refractivity contribution in [3.8, 4) is 0 Å². The summed E-state index contributed by atoms with van der Waals surface area (Å²) >= 11 is 0. The summed E-state index contributed by atoms with van der Waals surface area (Å²) in [5, 5.41) is 0. The second kappa shape index (κ2) is 14.3. The van der Waals surface area contributed by atoms with Crippen LogP contribution in [0.3, 0.4) is 0 Å². The maximum absolute atomic E-state index is 12.3. The molecule has 0 unspecified atom stereocenters. The van der Waals surface area contributed by atoms with Crippen LogP contribution in [0.5, 0.6) is 0 Å². The van der Waals surface area contributed by atoms with Crippen LogP contribution in [-0.2, 0) is 28.4 Å². The molecule has 0 saturated carbocycles. The van der Waals surface area contributed by atoms with Gasteiger partial charge in [0.05, 0.1) is 35.5 Å². The minimum Gasteiger partial charge on any atom is -0.498 e. The predicted molar refractivity (Wildman–Crippen MR) is 106 cm³/mol. The first kappa shape index (κ1) is 24.3. The summed E-state index contributed by atoms with van der Waals surface area (Å²) in [4.78, 5) is 36.9. The van der Waals surface area contributed by atoms with Gasteiger partial charge in [0.15, 0.2) is 0 Å². The molecule has 0 aliphatic carbocycles. The van der Waals surface area contributed by atoms with Crippen molar-refractivity contribution in [2.75, 3.05) is 39.6 Å². The Balaban J connectivity index is 2.95. The summed E-state index contributed by atoms with van der Waals surface area (Å²) in [5.41, 5.74) is -0.0842. The molecule has 0 spiro atoms. The first-order valence-electron chi connectivity index (χ1n) is 8.87. The lowest BCUT2D eigenvalue weighted by Crippen LogP contribution is -2.16. The fourth-order valence-corrected chi connectivity index (χ4v) is 2.03. The number of carbonyl (C=O) groups excluding carboxylic acids is 3. The van der Waals surface area contributed by atoms with Crippen molar-refractivity contribution in [1.82, 2.24) is 0 Å². The van der Waals surface area contributed by atoms with Gasteiger partial charge in [-0.25, -0.2) is 14.4 Å². The molecule has 0 bridgehead atoms. The normalized spacial score (nSPS) is 9.60. The van der Waals surface area contributed by atoms with Gasteiger partial charge in [0.2, 0.25) is 0 Å². The van der Waals surface area contributed by atoms with Crippen molar-refractivity contribution >= 4 is 17.9 Å². The van der Waals surface area contributed by atoms with E-state index in [1.807, 2.05) is 0 Å². The number of carbonyl (C=O) groups is 3. The van der Waals surface area contributed by atoms with E-state index in [4.69, 9.17) is 28.4 Å². The molecule has 9 heteroatoms. The number of hydrogen-bond donors (Lipinski definition) is 0. The Hall–Kier alpha value is -3.75. The molecule has 1 aromatic carbocycles. The minimum absolute atomic E-state index is 0.0281. The second-order valence-corrected chi connectivity index (χ2v) is 5.32. The largest absolute Gasteiger partial charge is 0.498 e. The van der Waals surface area contributed by atoms with Crippen molar-refractivity contribution in [2.24, 2.45) is 0 Å². The maximum Gasteiger partial charge on any atom is 0.338 e. The van der Waals surface area contributed by atoms with Crippen LogP contribution in [0, 0.1) is 0 Å². The fourth-order valence-electron chi connectivity index (χ4n) is 2.03. The molecular formula is C21H24O9. The van der Waals surface area contributed by atoms with Crippen molar-refractivity contribution in [3.05, 3.63) is 73.4 Å². The van der Waals surface area contributed by atoms with Gasteiger partial charge < -0.3 is 28.4 Å². The van der Waals surface area contributed by atoms with Crippen LogP contribution >= 0.6 is 0 Å². The average Bonchev–Trinajstić information content (AvgIpc) is 2.76. The van der Waals surface area contributed by atoms with E-state index in [1.165, 1.54) is 37.0 Å². The number of rotatable bonds is 15. The van der Waals surface area contributed by atoms with E-state index in [-0.39, 0.29) is 56.3 Å². The van der Waals surface area contributed by atoms with Gasteiger partial charge in [0.25, 0.3) is 0 Å². The highest BCUT2D eigenvalue weighted by atomic mass is 16.6. The van der Waals surface area contributed by atoms with E-state index in [0.717, 1.165) is 0 Å². The van der Waals surface area contributed by atoms with Crippen molar-refractivity contribution in [1.29, 1.82) is 0 Å². The van der Waals surface area contributed by atoms with Crippen LogP contribution < -0.4 is 0 Å². The molecule has 0 radical (unpaired) electrons. The topological polar surface area (TPSA) is 107 Å². The predicted octanol–water partition coefficient (Wildman–Crippen LogP) is 2.64. The highest BCUT2D eigenvalue weighted by molar-refractivity contribution is 6.00. The molecule has 0 heterocycles. The third kappa shape index (κ3) is 8.96. The van der Waals surface area contributed by atoms with Crippen LogP contribution in [0.4, 0.5) is 0 Å². The summed E-state index contributed by atoms with van der Waals surface area (Å²) in [7, 11) is 0. The van der Waals surface area contributed by atoms with E-state index in [2.05, 4.69) is 19.7 Å². The van der Waals surface area contributed by atoms with Gasteiger partial charge in [-0.05, 0) is 18.2 Å². The molecule has 0 aromatic heterocycles. The first-order chi connectivity index (χ1) is 14.5. The molecule has 0 amide bonds. The molecule has 1 rings (SSSR count). The zero-order valence-electron chi connectivity index (χ0n) is 16.5. The Labute approximate surface area is 174 Å². The van der Waals surface area contributed by atoms with Crippen molar-refractivity contribution < 1.29 is 42.8 Å². The Morgan fingerprint density at radius 1 is 0.567 bits per heavy atom. The van der Waals surface area contributed by atoms with Gasteiger partial charge in [-0.1, -0.05) is 19.7 Å². The van der Waals surface area contributed by atoms with Crippen LogP contribution in [-0.4, -0.2) is 57.5 Å². The summed E-state index contributed by atoms with van der Waals surface area (Å²) < 4.78 is 29.8. The Bertz CT molecular complexity index is 643. The Morgan fingerprint density at radius 2 is 0.833 bits per heavy atom. The third-order valence-electron chi connectivity index (χ3n) is 3.30. The van der Waals surface area contributed by atoms with E-state index in [0.29, 0.717) is 0 Å². The summed E-state index contributed by atoms with van der Waals surface area (Å²) in [6.07, 6.45) is 3.64. The lowest BCUT2D eigenvalue weighted by atomic mass is 10.1. The molecule has 9 nitrogen and oxygen atoms in total. The zero-order chi connectivity index (χ0) is 22.2. The molecule has 0 atom stereocenters. The van der Waals surface area contributed by atoms with Gasteiger partial charge in [0, 0.05) is 0 Å². The van der Waals surface area contributed by atoms with Gasteiger partial charge in [0.1, 0.15) is 39.6 Å². The standard InChI is InChI=1S/C21H24O9/c1-4-25-7-10-28-19(22)16-13-17(20(23)29-11-8-26-5-2)15-18(14-16)21(24)30-12-9-27-6-3/h4-6,13-15H,1-3,7-12H2. The first-order valence-corrected chi connectivity index (χ1v) is 8.87. The molecule has 0 aliphatic rings. The maximum atomic E-state index is 12.3. The van der Waals surface area contributed by atoms with Crippen LogP contribution in [0.1, 0.15) is 31.1 Å². The van der Waals surface area contributed by atoms with Gasteiger partial charge in [-0.3, -0.25) is 0 Å². The van der Waals surface area contributed by atoms with Crippen LogP contribution in [0.2, 0.25) is 0 Å². The van der Waals surface area contributed by atoms with Gasteiger partial charge in [-0.15, -0.1) is 0 Å². The molecule has 1 aromatic rings. The van der Waals surface area contributed by atoms with E-state index in [1.54, 1.807) is 0 Å². The molecule has 162 valence electrons. The monoisotopic (exact) mass is 420 g/mol. The lowest BCUT2D eigenvalue weighted by Gasteiger charge is -2.10. The lowest BCUT2D eigenvalue weighted by molar-refractivity contribution is 0.0414. The number of hydrogen-bond acceptors (Lipinski definition) is 9. The van der Waals surface area contributed by atoms with Gasteiger partial charge >= 0.3 is 17.9 Å². The third-order valence-corrected chi connectivity index (χ3v) is 3.30. The van der Waals surface area contributed by atoms with Crippen molar-refractivity contribution in [3.63, 3.8) is 0 Å². The SMILES string of the molecule is C=COCCOC(=O)c1cc(C(=O)OCCOC=C)cc(C(=O)OCCOC=C)c1. The average molecular weight is 420 g/mol. The molecule has 0 fully saturated rings. The minimum atomic E-state index is -0.753. The van der Waals surface area contributed by atoms with Crippen LogP contribution in [0.15, 0.2) is 56.7 Å². The summed E-state index contributed by atoms with van der Waals surface area (Å²) in [5.74, 6) is -2.26. The molecule has 0 N–H and O–H groups in total. The zero-order valence-corrected chi connectivity index (χ0v) is 16.5. The molecule has 30 heavy (non-hydrogen) atoms. The number of ether oxygens (including phenoxy) is 6. The smallest absolute Gasteiger partial charge is 0.338 e. The molecule has 0 saturated heterocycles. The number of esters is 3. The summed E-state index contributed by atoms with van der Waals surface area (Å²) in [6, 6.07) is 3.76. The quantitative estimate of drug-likeness (QED) is 0.183.